The zero-order valence-electron chi connectivity index (χ0n) is 15.2. The third-order valence-corrected chi connectivity index (χ3v) is 5.08. The standard InChI is InChI=1S/C24H15BrFNO2/c25-17-9-12-20-19(14-17)22(16-4-2-1-3-5-16)23(24(29)27-20)21(28)13-8-15-6-10-18(26)11-7-15/h1-14H,(H,27,29)/b13-8+. The number of nitrogens with one attached hydrogen (secondary N) is 1. The molecule has 29 heavy (non-hydrogen) atoms. The van der Waals surface area contributed by atoms with Crippen molar-refractivity contribution < 1.29 is 9.18 Å². The van der Waals surface area contributed by atoms with Crippen LogP contribution in [-0.2, 0) is 0 Å². The zero-order valence-corrected chi connectivity index (χ0v) is 16.7. The maximum absolute atomic E-state index is 13.1. The first kappa shape index (κ1) is 19.0. The first-order chi connectivity index (χ1) is 14.0. The van der Waals surface area contributed by atoms with E-state index in [4.69, 9.17) is 0 Å². The van der Waals surface area contributed by atoms with E-state index in [0.717, 1.165) is 15.4 Å². The van der Waals surface area contributed by atoms with E-state index in [0.29, 0.717) is 16.6 Å². The first-order valence-electron chi connectivity index (χ1n) is 8.92. The smallest absolute Gasteiger partial charge is 0.260 e. The molecule has 4 aromatic rings. The Bertz CT molecular complexity index is 1290. The second-order valence-corrected chi connectivity index (χ2v) is 7.42. The summed E-state index contributed by atoms with van der Waals surface area (Å²) in [5.74, 6) is -0.771. The summed E-state index contributed by atoms with van der Waals surface area (Å²) in [6.07, 6.45) is 2.91. The fourth-order valence-corrected chi connectivity index (χ4v) is 3.60. The largest absolute Gasteiger partial charge is 0.321 e. The van der Waals surface area contributed by atoms with Crippen LogP contribution in [0.2, 0.25) is 0 Å². The summed E-state index contributed by atoms with van der Waals surface area (Å²) in [6, 6.07) is 20.6. The molecule has 0 aliphatic rings. The van der Waals surface area contributed by atoms with Crippen molar-refractivity contribution in [1.82, 2.24) is 4.98 Å². The molecule has 0 saturated heterocycles. The summed E-state index contributed by atoms with van der Waals surface area (Å²) < 4.78 is 13.9. The number of benzene rings is 3. The Labute approximate surface area is 174 Å². The van der Waals surface area contributed by atoms with Crippen LogP contribution in [0.15, 0.2) is 88.1 Å². The summed E-state index contributed by atoms with van der Waals surface area (Å²) in [4.78, 5) is 28.7. The van der Waals surface area contributed by atoms with E-state index in [2.05, 4.69) is 20.9 Å². The number of rotatable bonds is 4. The number of pyridine rings is 1. The molecule has 0 fully saturated rings. The van der Waals surface area contributed by atoms with Crippen molar-refractivity contribution >= 4 is 38.7 Å². The molecule has 0 atom stereocenters. The molecule has 1 aromatic heterocycles. The van der Waals surface area contributed by atoms with Gasteiger partial charge in [-0.25, -0.2) is 4.39 Å². The quantitative estimate of drug-likeness (QED) is 0.308. The van der Waals surface area contributed by atoms with Gasteiger partial charge in [0.2, 0.25) is 0 Å². The van der Waals surface area contributed by atoms with Crippen LogP contribution in [0.1, 0.15) is 15.9 Å². The van der Waals surface area contributed by atoms with Crippen LogP contribution in [0.25, 0.3) is 28.1 Å². The molecule has 0 aliphatic heterocycles. The van der Waals surface area contributed by atoms with E-state index in [1.54, 1.807) is 24.3 Å². The van der Waals surface area contributed by atoms with Crippen molar-refractivity contribution in [3.63, 3.8) is 0 Å². The number of hydrogen-bond acceptors (Lipinski definition) is 2. The predicted octanol–water partition coefficient (Wildman–Crippen LogP) is 5.99. The van der Waals surface area contributed by atoms with E-state index >= 15 is 0 Å². The van der Waals surface area contributed by atoms with Gasteiger partial charge in [-0.15, -0.1) is 0 Å². The molecule has 3 nitrogen and oxygen atoms in total. The van der Waals surface area contributed by atoms with E-state index in [1.165, 1.54) is 18.2 Å². The summed E-state index contributed by atoms with van der Waals surface area (Å²) in [5, 5.41) is 0.767. The van der Waals surface area contributed by atoms with Gasteiger partial charge in [-0.1, -0.05) is 64.5 Å². The Kier molecular flexibility index (Phi) is 5.23. The lowest BCUT2D eigenvalue weighted by Crippen LogP contribution is -2.18. The number of halogens is 2. The number of aromatic nitrogens is 1. The van der Waals surface area contributed by atoms with Crippen LogP contribution >= 0.6 is 15.9 Å². The average molecular weight is 448 g/mol. The Morgan fingerprint density at radius 2 is 1.69 bits per heavy atom. The van der Waals surface area contributed by atoms with Crippen LogP contribution in [0.4, 0.5) is 4.39 Å². The number of aromatic amines is 1. The third kappa shape index (κ3) is 3.96. The molecular weight excluding hydrogens is 433 g/mol. The molecular formula is C24H15BrFNO2. The van der Waals surface area contributed by atoms with Crippen molar-refractivity contribution in [2.75, 3.05) is 0 Å². The highest BCUT2D eigenvalue weighted by Crippen LogP contribution is 2.31. The molecule has 4 rings (SSSR count). The molecule has 5 heteroatoms. The van der Waals surface area contributed by atoms with Crippen molar-refractivity contribution in [2.24, 2.45) is 0 Å². The SMILES string of the molecule is O=C(/C=C/c1ccc(F)cc1)c1c(-c2ccccc2)c2cc(Br)ccc2[nH]c1=O. The van der Waals surface area contributed by atoms with Gasteiger partial charge < -0.3 is 4.98 Å². The molecule has 0 bridgehead atoms. The zero-order chi connectivity index (χ0) is 20.4. The Morgan fingerprint density at radius 3 is 2.41 bits per heavy atom. The average Bonchev–Trinajstić information content (AvgIpc) is 2.73. The molecule has 0 aliphatic carbocycles. The molecule has 1 N–H and O–H groups in total. The number of H-pyrrole nitrogens is 1. The van der Waals surface area contributed by atoms with Gasteiger partial charge in [0.05, 0.1) is 5.56 Å². The summed E-state index contributed by atoms with van der Waals surface area (Å²) in [6.45, 7) is 0. The van der Waals surface area contributed by atoms with E-state index in [9.17, 15) is 14.0 Å². The van der Waals surface area contributed by atoms with Crippen molar-refractivity contribution in [1.29, 1.82) is 0 Å². The van der Waals surface area contributed by atoms with Gasteiger partial charge in [-0.3, -0.25) is 9.59 Å². The number of fused-ring (bicyclic) bond motifs is 1. The predicted molar refractivity (Wildman–Crippen MR) is 117 cm³/mol. The van der Waals surface area contributed by atoms with Gasteiger partial charge in [0, 0.05) is 20.9 Å². The van der Waals surface area contributed by atoms with Gasteiger partial charge in [0.1, 0.15) is 5.82 Å². The van der Waals surface area contributed by atoms with E-state index < -0.39 is 11.3 Å². The molecule has 0 unspecified atom stereocenters. The monoisotopic (exact) mass is 447 g/mol. The van der Waals surface area contributed by atoms with Crippen LogP contribution in [0, 0.1) is 5.82 Å². The van der Waals surface area contributed by atoms with Crippen LogP contribution < -0.4 is 5.56 Å². The van der Waals surface area contributed by atoms with Crippen LogP contribution in [0.5, 0.6) is 0 Å². The van der Waals surface area contributed by atoms with E-state index in [1.807, 2.05) is 42.5 Å². The van der Waals surface area contributed by atoms with Crippen molar-refractivity contribution in [3.05, 3.63) is 111 Å². The molecule has 0 radical (unpaired) electrons. The number of carbonyl (C=O) groups is 1. The minimum absolute atomic E-state index is 0.0696. The van der Waals surface area contributed by atoms with Gasteiger partial charge in [0.25, 0.3) is 5.56 Å². The second-order valence-electron chi connectivity index (χ2n) is 6.51. The topological polar surface area (TPSA) is 49.9 Å². The molecule has 142 valence electrons. The minimum Gasteiger partial charge on any atom is -0.321 e. The summed E-state index contributed by atoms with van der Waals surface area (Å²) in [5.41, 5.74) is 2.30. The van der Waals surface area contributed by atoms with Crippen LogP contribution in [-0.4, -0.2) is 10.8 Å². The van der Waals surface area contributed by atoms with Crippen LogP contribution in [0.3, 0.4) is 0 Å². The molecule has 0 amide bonds. The maximum atomic E-state index is 13.1. The second kappa shape index (κ2) is 7.97. The van der Waals surface area contributed by atoms with Gasteiger partial charge >= 0.3 is 0 Å². The summed E-state index contributed by atoms with van der Waals surface area (Å²) >= 11 is 3.46. The van der Waals surface area contributed by atoms with Crippen molar-refractivity contribution in [2.45, 2.75) is 0 Å². The lowest BCUT2D eigenvalue weighted by Gasteiger charge is -2.11. The molecule has 0 spiro atoms. The van der Waals surface area contributed by atoms with Gasteiger partial charge in [-0.05, 0) is 47.5 Å². The lowest BCUT2D eigenvalue weighted by atomic mass is 9.94. The number of hydrogen-bond donors (Lipinski definition) is 1. The normalized spacial score (nSPS) is 11.2. The highest BCUT2D eigenvalue weighted by atomic mass is 79.9. The fourth-order valence-electron chi connectivity index (χ4n) is 3.23. The van der Waals surface area contributed by atoms with Gasteiger partial charge in [-0.2, -0.15) is 0 Å². The number of carbonyl (C=O) groups excluding carboxylic acids is 1. The fraction of sp³-hybridized carbons (Fsp3) is 0. The summed E-state index contributed by atoms with van der Waals surface area (Å²) in [7, 11) is 0. The first-order valence-corrected chi connectivity index (χ1v) is 9.71. The maximum Gasteiger partial charge on any atom is 0.260 e. The number of allylic oxidation sites excluding steroid dienone is 1. The highest BCUT2D eigenvalue weighted by Gasteiger charge is 2.19. The van der Waals surface area contributed by atoms with Gasteiger partial charge in [0.15, 0.2) is 5.78 Å². The highest BCUT2D eigenvalue weighted by molar-refractivity contribution is 9.10. The molecule has 0 saturated carbocycles. The van der Waals surface area contributed by atoms with E-state index in [-0.39, 0.29) is 11.4 Å². The Morgan fingerprint density at radius 1 is 0.966 bits per heavy atom. The van der Waals surface area contributed by atoms with Crippen molar-refractivity contribution in [3.8, 4) is 11.1 Å². The Balaban J connectivity index is 1.91. The molecule has 1 heterocycles. The minimum atomic E-state index is -0.451. The molecule has 3 aromatic carbocycles. The Hall–Kier alpha value is -3.31. The third-order valence-electron chi connectivity index (χ3n) is 4.58. The number of ketones is 1. The lowest BCUT2D eigenvalue weighted by molar-refractivity contribution is 0.104.